The fourth-order valence-electron chi connectivity index (χ4n) is 4.30. The van der Waals surface area contributed by atoms with E-state index in [1.807, 2.05) is 29.2 Å². The minimum Gasteiger partial charge on any atom is -0.496 e. The zero-order valence-electron chi connectivity index (χ0n) is 17.4. The Bertz CT molecular complexity index is 1020. The molecule has 2 aliphatic heterocycles. The monoisotopic (exact) mass is 440 g/mol. The lowest BCUT2D eigenvalue weighted by Gasteiger charge is -2.34. The molecule has 31 heavy (non-hydrogen) atoms. The standard InChI is InChI=1S/C24H25ClN2O4/c1-31-20-7-3-2-6-18(20)14-27-23(29)21(17-8-10-19(25)11-9-17)22(24(27)30)26-12-4-5-16(13-26)15-28/h2-3,6-11,16,28H,4-5,12-15H2,1H3. The van der Waals surface area contributed by atoms with Crippen LogP contribution >= 0.6 is 11.6 Å². The van der Waals surface area contributed by atoms with E-state index in [4.69, 9.17) is 16.3 Å². The van der Waals surface area contributed by atoms with Gasteiger partial charge in [-0.05, 0) is 42.5 Å². The van der Waals surface area contributed by atoms with E-state index in [0.717, 1.165) is 18.4 Å². The number of carbonyl (C=O) groups excluding carboxylic acids is 2. The van der Waals surface area contributed by atoms with Crippen molar-refractivity contribution in [2.45, 2.75) is 19.4 Å². The third-order valence-corrected chi connectivity index (χ3v) is 6.14. The zero-order valence-corrected chi connectivity index (χ0v) is 18.1. The molecule has 162 valence electrons. The van der Waals surface area contributed by atoms with Crippen LogP contribution in [-0.4, -0.2) is 53.5 Å². The quantitative estimate of drug-likeness (QED) is 0.698. The summed E-state index contributed by atoms with van der Waals surface area (Å²) in [6.07, 6.45) is 1.76. The van der Waals surface area contributed by atoms with E-state index < -0.39 is 0 Å². The fraction of sp³-hybridized carbons (Fsp3) is 0.333. The minimum absolute atomic E-state index is 0.0626. The second-order valence-electron chi connectivity index (χ2n) is 7.88. The average Bonchev–Trinajstić information content (AvgIpc) is 3.04. The van der Waals surface area contributed by atoms with Crippen molar-refractivity contribution in [2.24, 2.45) is 5.92 Å². The number of aliphatic hydroxyl groups excluding tert-OH is 1. The van der Waals surface area contributed by atoms with Crippen LogP contribution in [-0.2, 0) is 16.1 Å². The predicted octanol–water partition coefficient (Wildman–Crippen LogP) is 3.33. The first-order valence-electron chi connectivity index (χ1n) is 10.4. The predicted molar refractivity (Wildman–Crippen MR) is 118 cm³/mol. The molecule has 7 heteroatoms. The molecule has 2 aliphatic rings. The molecule has 1 unspecified atom stereocenters. The van der Waals surface area contributed by atoms with Crippen molar-refractivity contribution >= 4 is 29.0 Å². The average molecular weight is 441 g/mol. The number of rotatable bonds is 6. The van der Waals surface area contributed by atoms with Crippen LogP contribution in [0.3, 0.4) is 0 Å². The number of methoxy groups -OCH3 is 1. The Hall–Kier alpha value is -2.83. The first-order chi connectivity index (χ1) is 15.0. The molecule has 2 aromatic carbocycles. The summed E-state index contributed by atoms with van der Waals surface area (Å²) >= 11 is 6.05. The number of piperidine rings is 1. The maximum atomic E-state index is 13.5. The summed E-state index contributed by atoms with van der Waals surface area (Å²) in [7, 11) is 1.57. The number of ether oxygens (including phenoxy) is 1. The molecule has 0 spiro atoms. The number of benzene rings is 2. The van der Waals surface area contributed by atoms with Crippen LogP contribution < -0.4 is 4.74 Å². The lowest BCUT2D eigenvalue weighted by Crippen LogP contribution is -2.40. The van der Waals surface area contributed by atoms with Crippen LogP contribution in [0.15, 0.2) is 54.2 Å². The van der Waals surface area contributed by atoms with E-state index in [1.54, 1.807) is 31.4 Å². The zero-order chi connectivity index (χ0) is 22.0. The van der Waals surface area contributed by atoms with Gasteiger partial charge in [-0.15, -0.1) is 0 Å². The number of para-hydroxylation sites is 1. The first-order valence-corrected chi connectivity index (χ1v) is 10.8. The number of aliphatic hydroxyl groups is 1. The second-order valence-corrected chi connectivity index (χ2v) is 8.31. The Morgan fingerprint density at radius 2 is 1.84 bits per heavy atom. The fourth-order valence-corrected chi connectivity index (χ4v) is 4.42. The van der Waals surface area contributed by atoms with E-state index in [2.05, 4.69) is 0 Å². The van der Waals surface area contributed by atoms with Crippen molar-refractivity contribution in [3.63, 3.8) is 0 Å². The van der Waals surface area contributed by atoms with Crippen molar-refractivity contribution < 1.29 is 19.4 Å². The van der Waals surface area contributed by atoms with E-state index in [9.17, 15) is 14.7 Å². The summed E-state index contributed by atoms with van der Waals surface area (Å²) in [5.74, 6) is 0.0561. The van der Waals surface area contributed by atoms with Gasteiger partial charge in [-0.3, -0.25) is 14.5 Å². The largest absolute Gasteiger partial charge is 0.496 e. The number of nitrogens with zero attached hydrogens (tertiary/aromatic N) is 2. The highest BCUT2D eigenvalue weighted by atomic mass is 35.5. The molecule has 0 saturated carbocycles. The van der Waals surface area contributed by atoms with Gasteiger partial charge in [0.2, 0.25) is 0 Å². The number of likely N-dealkylation sites (tertiary alicyclic amines) is 1. The Labute approximate surface area is 186 Å². The molecule has 0 aromatic heterocycles. The van der Waals surface area contributed by atoms with Gasteiger partial charge in [0.05, 0.1) is 19.2 Å². The SMILES string of the molecule is COc1ccccc1CN1C(=O)C(c2ccc(Cl)cc2)=C(N2CCCC(CO)C2)C1=O. The lowest BCUT2D eigenvalue weighted by molar-refractivity contribution is -0.138. The summed E-state index contributed by atoms with van der Waals surface area (Å²) in [5, 5.41) is 10.2. The lowest BCUT2D eigenvalue weighted by atomic mass is 9.97. The summed E-state index contributed by atoms with van der Waals surface area (Å²) < 4.78 is 5.41. The highest BCUT2D eigenvalue weighted by molar-refractivity contribution is 6.36. The van der Waals surface area contributed by atoms with E-state index in [1.165, 1.54) is 4.90 Å². The van der Waals surface area contributed by atoms with Gasteiger partial charge in [0, 0.05) is 30.3 Å². The van der Waals surface area contributed by atoms with Gasteiger partial charge < -0.3 is 14.7 Å². The Balaban J connectivity index is 1.74. The number of amides is 2. The van der Waals surface area contributed by atoms with Crippen molar-refractivity contribution in [1.29, 1.82) is 0 Å². The van der Waals surface area contributed by atoms with Crippen LogP contribution in [0, 0.1) is 5.92 Å². The maximum Gasteiger partial charge on any atom is 0.278 e. The summed E-state index contributed by atoms with van der Waals surface area (Å²) in [6, 6.07) is 14.3. The minimum atomic E-state index is -0.334. The molecular weight excluding hydrogens is 416 g/mol. The molecular formula is C24H25ClN2O4. The van der Waals surface area contributed by atoms with Crippen molar-refractivity contribution in [3.8, 4) is 5.75 Å². The summed E-state index contributed by atoms with van der Waals surface area (Å²) in [5.41, 5.74) is 2.21. The van der Waals surface area contributed by atoms with Gasteiger partial charge in [0.15, 0.2) is 0 Å². The Morgan fingerprint density at radius 1 is 1.10 bits per heavy atom. The number of hydrogen-bond donors (Lipinski definition) is 1. The Kier molecular flexibility index (Phi) is 6.30. The van der Waals surface area contributed by atoms with E-state index in [0.29, 0.717) is 40.7 Å². The summed E-state index contributed by atoms with van der Waals surface area (Å²) in [4.78, 5) is 30.3. The van der Waals surface area contributed by atoms with Crippen LogP contribution in [0.1, 0.15) is 24.0 Å². The summed E-state index contributed by atoms with van der Waals surface area (Å²) in [6.45, 7) is 1.40. The number of imide groups is 1. The highest BCUT2D eigenvalue weighted by Gasteiger charge is 2.42. The van der Waals surface area contributed by atoms with Crippen LogP contribution in [0.25, 0.3) is 5.57 Å². The van der Waals surface area contributed by atoms with Crippen molar-refractivity contribution in [2.75, 3.05) is 26.8 Å². The highest BCUT2D eigenvalue weighted by Crippen LogP contribution is 2.35. The third kappa shape index (κ3) is 4.18. The van der Waals surface area contributed by atoms with Crippen LogP contribution in [0.2, 0.25) is 5.02 Å². The molecule has 2 heterocycles. The smallest absolute Gasteiger partial charge is 0.278 e. The first kappa shape index (κ1) is 21.4. The normalized spacial score (nSPS) is 19.4. The van der Waals surface area contributed by atoms with Gasteiger partial charge >= 0.3 is 0 Å². The second kappa shape index (κ2) is 9.12. The molecule has 4 rings (SSSR count). The van der Waals surface area contributed by atoms with E-state index in [-0.39, 0.29) is 30.9 Å². The third-order valence-electron chi connectivity index (χ3n) is 5.89. The van der Waals surface area contributed by atoms with E-state index >= 15 is 0 Å². The van der Waals surface area contributed by atoms with Gasteiger partial charge in [0.1, 0.15) is 11.4 Å². The van der Waals surface area contributed by atoms with Crippen molar-refractivity contribution in [1.82, 2.24) is 9.80 Å². The van der Waals surface area contributed by atoms with Gasteiger partial charge in [0.25, 0.3) is 11.8 Å². The molecule has 6 nitrogen and oxygen atoms in total. The number of hydrogen-bond acceptors (Lipinski definition) is 5. The molecule has 2 amide bonds. The van der Waals surface area contributed by atoms with Crippen LogP contribution in [0.4, 0.5) is 0 Å². The molecule has 1 N–H and O–H groups in total. The topological polar surface area (TPSA) is 70.1 Å². The van der Waals surface area contributed by atoms with Gasteiger partial charge in [-0.1, -0.05) is 41.9 Å². The molecule has 0 aliphatic carbocycles. The number of halogens is 1. The van der Waals surface area contributed by atoms with Gasteiger partial charge in [-0.25, -0.2) is 0 Å². The number of carbonyl (C=O) groups is 2. The van der Waals surface area contributed by atoms with Gasteiger partial charge in [-0.2, -0.15) is 0 Å². The molecule has 0 bridgehead atoms. The molecule has 1 saturated heterocycles. The molecule has 1 fully saturated rings. The maximum absolute atomic E-state index is 13.5. The van der Waals surface area contributed by atoms with Crippen molar-refractivity contribution in [3.05, 3.63) is 70.4 Å². The molecule has 2 aromatic rings. The Morgan fingerprint density at radius 3 is 2.55 bits per heavy atom. The molecule has 1 atom stereocenters. The molecule has 0 radical (unpaired) electrons. The van der Waals surface area contributed by atoms with Crippen LogP contribution in [0.5, 0.6) is 5.75 Å².